The fraction of sp³-hybridized carbons (Fsp3) is 0.243. The Morgan fingerprint density at radius 3 is 2.21 bits per heavy atom. The van der Waals surface area contributed by atoms with E-state index in [1.165, 1.54) is 0 Å². The molecule has 242 valence electrons. The van der Waals surface area contributed by atoms with Crippen LogP contribution in [0.15, 0.2) is 109 Å². The van der Waals surface area contributed by atoms with E-state index in [1.807, 2.05) is 103 Å². The van der Waals surface area contributed by atoms with Gasteiger partial charge in [0.15, 0.2) is 11.4 Å². The molecule has 0 bridgehead atoms. The first-order chi connectivity index (χ1) is 22.9. The second-order valence-corrected chi connectivity index (χ2v) is 12.3. The standard InChI is InChI=1S/C37H36Cl2N4O4/c1-24-32(21-43-23-42-34(38)35(43)39)46-36(47-33(24)28-13-11-26(22-44)12-14-28)29-17-15-27(16-18-29)31-10-6-5-9-30(31)20-41-37(45)40-19-25-7-3-2-4-8-25/h2-18,23-24,32-33,36,44H,19-22H2,1H3,(H2,40,41,45). The lowest BCUT2D eigenvalue weighted by molar-refractivity contribution is -0.276. The number of carbonyl (C=O) groups excluding carboxylic acids is 1. The molecule has 2 amide bonds. The van der Waals surface area contributed by atoms with Gasteiger partial charge in [-0.25, -0.2) is 9.78 Å². The van der Waals surface area contributed by atoms with Gasteiger partial charge < -0.3 is 29.8 Å². The molecule has 0 radical (unpaired) electrons. The molecule has 3 N–H and O–H groups in total. The first-order valence-corrected chi connectivity index (χ1v) is 16.3. The molecule has 10 heteroatoms. The summed E-state index contributed by atoms with van der Waals surface area (Å²) in [4.78, 5) is 16.7. The number of nitrogens with one attached hydrogen (secondary N) is 2. The van der Waals surface area contributed by atoms with Crippen LogP contribution < -0.4 is 10.6 Å². The summed E-state index contributed by atoms with van der Waals surface area (Å²) in [5, 5.41) is 16.0. The summed E-state index contributed by atoms with van der Waals surface area (Å²) in [6.07, 6.45) is 0.433. The molecule has 47 heavy (non-hydrogen) atoms. The van der Waals surface area contributed by atoms with Gasteiger partial charge in [-0.1, -0.05) is 133 Å². The van der Waals surface area contributed by atoms with E-state index in [1.54, 1.807) is 10.9 Å². The van der Waals surface area contributed by atoms with Gasteiger partial charge in [-0.2, -0.15) is 0 Å². The van der Waals surface area contributed by atoms with Crippen LogP contribution in [-0.4, -0.2) is 26.8 Å². The molecule has 1 aliphatic heterocycles. The van der Waals surface area contributed by atoms with Crippen LogP contribution in [0.2, 0.25) is 10.3 Å². The van der Waals surface area contributed by atoms with Crippen LogP contribution in [-0.2, 0) is 35.7 Å². The van der Waals surface area contributed by atoms with Gasteiger partial charge in [0.25, 0.3) is 0 Å². The zero-order valence-electron chi connectivity index (χ0n) is 25.9. The Bertz CT molecular complexity index is 1780. The van der Waals surface area contributed by atoms with Crippen molar-refractivity contribution in [3.8, 4) is 11.1 Å². The minimum atomic E-state index is -0.643. The Morgan fingerprint density at radius 2 is 1.51 bits per heavy atom. The largest absolute Gasteiger partial charge is 0.392 e. The number of nitrogens with zero attached hydrogens (tertiary/aromatic N) is 2. The Balaban J connectivity index is 1.18. The highest BCUT2D eigenvalue weighted by atomic mass is 35.5. The molecule has 1 aliphatic rings. The normalized spacial score (nSPS) is 19.3. The number of benzene rings is 4. The first-order valence-electron chi connectivity index (χ1n) is 15.5. The van der Waals surface area contributed by atoms with Crippen molar-refractivity contribution >= 4 is 29.2 Å². The number of aliphatic hydroxyl groups is 1. The van der Waals surface area contributed by atoms with Gasteiger partial charge >= 0.3 is 6.03 Å². The minimum absolute atomic E-state index is 0.0252. The van der Waals surface area contributed by atoms with E-state index in [0.29, 0.717) is 24.8 Å². The van der Waals surface area contributed by atoms with Crippen molar-refractivity contribution in [3.63, 3.8) is 0 Å². The van der Waals surface area contributed by atoms with E-state index >= 15 is 0 Å². The van der Waals surface area contributed by atoms with Gasteiger partial charge in [0.1, 0.15) is 5.15 Å². The van der Waals surface area contributed by atoms with E-state index in [9.17, 15) is 9.90 Å². The van der Waals surface area contributed by atoms with Crippen LogP contribution in [0.5, 0.6) is 0 Å². The van der Waals surface area contributed by atoms with Gasteiger partial charge in [-0.3, -0.25) is 0 Å². The lowest BCUT2D eigenvalue weighted by Gasteiger charge is -2.41. The van der Waals surface area contributed by atoms with E-state index in [4.69, 9.17) is 32.7 Å². The number of hydrogen-bond donors (Lipinski definition) is 3. The number of aromatic nitrogens is 2. The number of aliphatic hydroxyl groups excluding tert-OH is 1. The Kier molecular flexibility index (Phi) is 10.6. The Labute approximate surface area is 284 Å². The van der Waals surface area contributed by atoms with Gasteiger partial charge in [0.2, 0.25) is 0 Å². The highest BCUT2D eigenvalue weighted by Gasteiger charge is 2.39. The third-order valence-electron chi connectivity index (χ3n) is 8.48. The molecule has 1 aromatic heterocycles. The zero-order chi connectivity index (χ0) is 32.8. The van der Waals surface area contributed by atoms with Crippen LogP contribution in [0.1, 0.15) is 47.1 Å². The zero-order valence-corrected chi connectivity index (χ0v) is 27.4. The second kappa shape index (κ2) is 15.2. The van der Waals surface area contributed by atoms with E-state index in [0.717, 1.165) is 38.9 Å². The molecule has 5 aromatic rings. The molecule has 0 spiro atoms. The monoisotopic (exact) mass is 670 g/mol. The minimum Gasteiger partial charge on any atom is -0.392 e. The lowest BCUT2D eigenvalue weighted by Crippen LogP contribution is -2.39. The number of imidazole rings is 1. The van der Waals surface area contributed by atoms with E-state index < -0.39 is 6.29 Å². The average molecular weight is 672 g/mol. The van der Waals surface area contributed by atoms with Gasteiger partial charge in [-0.15, -0.1) is 0 Å². The Morgan fingerprint density at radius 1 is 0.830 bits per heavy atom. The fourth-order valence-electron chi connectivity index (χ4n) is 5.78. The van der Waals surface area contributed by atoms with Crippen molar-refractivity contribution in [2.45, 2.75) is 51.7 Å². The van der Waals surface area contributed by atoms with Crippen molar-refractivity contribution < 1.29 is 19.4 Å². The van der Waals surface area contributed by atoms with Crippen LogP contribution in [0.25, 0.3) is 11.1 Å². The van der Waals surface area contributed by atoms with Crippen molar-refractivity contribution in [1.29, 1.82) is 0 Å². The average Bonchev–Trinajstić information content (AvgIpc) is 3.43. The van der Waals surface area contributed by atoms with Crippen molar-refractivity contribution in [2.24, 2.45) is 5.92 Å². The molecule has 4 atom stereocenters. The van der Waals surface area contributed by atoms with E-state index in [-0.39, 0.29) is 35.9 Å². The molecule has 4 aromatic carbocycles. The first kappa shape index (κ1) is 32.7. The van der Waals surface area contributed by atoms with Crippen LogP contribution in [0.4, 0.5) is 4.79 Å². The summed E-state index contributed by atoms with van der Waals surface area (Å²) in [5.74, 6) is -0.0352. The maximum atomic E-state index is 12.5. The van der Waals surface area contributed by atoms with Gasteiger partial charge in [0.05, 0.1) is 31.7 Å². The molecule has 2 heterocycles. The number of rotatable bonds is 10. The number of hydrogen-bond acceptors (Lipinski definition) is 5. The van der Waals surface area contributed by atoms with Gasteiger partial charge in [0, 0.05) is 24.6 Å². The quantitative estimate of drug-likeness (QED) is 0.141. The van der Waals surface area contributed by atoms with Crippen molar-refractivity contribution in [1.82, 2.24) is 20.2 Å². The highest BCUT2D eigenvalue weighted by molar-refractivity contribution is 6.40. The molecular formula is C37H36Cl2N4O4. The van der Waals surface area contributed by atoms with Crippen LogP contribution in [0.3, 0.4) is 0 Å². The SMILES string of the molecule is CC1C(Cn2cnc(Cl)c2Cl)OC(c2ccc(-c3ccccc3CNC(=O)NCc3ccccc3)cc2)OC1c1ccc(CO)cc1. The number of carbonyl (C=O) groups is 1. The number of ether oxygens (including phenoxy) is 2. The maximum absolute atomic E-state index is 12.5. The summed E-state index contributed by atoms with van der Waals surface area (Å²) >= 11 is 12.6. The summed E-state index contributed by atoms with van der Waals surface area (Å²) in [7, 11) is 0. The molecule has 0 aliphatic carbocycles. The fourth-order valence-corrected chi connectivity index (χ4v) is 6.10. The van der Waals surface area contributed by atoms with Gasteiger partial charge in [-0.05, 0) is 33.4 Å². The summed E-state index contributed by atoms with van der Waals surface area (Å²) in [6.45, 7) is 3.35. The molecule has 1 fully saturated rings. The third kappa shape index (κ3) is 7.87. The number of halogens is 2. The molecule has 4 unspecified atom stereocenters. The van der Waals surface area contributed by atoms with E-state index in [2.05, 4.69) is 22.5 Å². The van der Waals surface area contributed by atoms with Crippen molar-refractivity contribution in [3.05, 3.63) is 148 Å². The molecule has 1 saturated heterocycles. The molecule has 6 rings (SSSR count). The van der Waals surface area contributed by atoms with Crippen molar-refractivity contribution in [2.75, 3.05) is 0 Å². The third-order valence-corrected chi connectivity index (χ3v) is 9.25. The molecular weight excluding hydrogens is 635 g/mol. The van der Waals surface area contributed by atoms with Crippen LogP contribution in [0, 0.1) is 5.92 Å². The summed E-state index contributed by atoms with van der Waals surface area (Å²) < 4.78 is 15.0. The topological polar surface area (TPSA) is 97.6 Å². The maximum Gasteiger partial charge on any atom is 0.315 e. The second-order valence-electron chi connectivity index (χ2n) is 11.6. The smallest absolute Gasteiger partial charge is 0.315 e. The molecule has 8 nitrogen and oxygen atoms in total. The lowest BCUT2D eigenvalue weighted by atomic mass is 9.90. The summed E-state index contributed by atoms with van der Waals surface area (Å²) in [6, 6.07) is 33.5. The summed E-state index contributed by atoms with van der Waals surface area (Å²) in [5.41, 5.74) is 6.76. The number of urea groups is 1. The predicted octanol–water partition coefficient (Wildman–Crippen LogP) is 7.84. The Hall–Kier alpha value is -4.18. The predicted molar refractivity (Wildman–Crippen MR) is 183 cm³/mol. The van der Waals surface area contributed by atoms with Crippen LogP contribution >= 0.6 is 23.2 Å². The highest BCUT2D eigenvalue weighted by Crippen LogP contribution is 2.42. The molecule has 0 saturated carbocycles. The number of amides is 2.